The molecule has 0 unspecified atom stereocenters. The Morgan fingerprint density at radius 1 is 1.40 bits per heavy atom. The van der Waals surface area contributed by atoms with Crippen molar-refractivity contribution in [2.75, 3.05) is 6.54 Å². The molecule has 0 spiro atoms. The number of fused-ring (bicyclic) bond motifs is 1. The van der Waals surface area contributed by atoms with E-state index in [1.165, 1.54) is 11.3 Å². The van der Waals surface area contributed by atoms with E-state index in [0.717, 1.165) is 25.2 Å². The van der Waals surface area contributed by atoms with E-state index in [1.54, 1.807) is 0 Å². The Labute approximate surface area is 90.1 Å². The normalized spacial score (nSPS) is 11.1. The highest BCUT2D eigenvalue weighted by atomic mass is 15.0. The maximum absolute atomic E-state index is 4.36. The molecule has 1 N–H and O–H groups in total. The number of aromatic nitrogens is 2. The first-order valence-corrected chi connectivity index (χ1v) is 5.44. The molecule has 0 aliphatic carbocycles. The molecule has 0 amide bonds. The lowest BCUT2D eigenvalue weighted by Gasteiger charge is -2.03. The molecule has 0 saturated carbocycles. The standard InChI is InChI=1S/C12H17N3/c1-3-6-13-7-11-8-14-12-5-4-10(2)9-15(11)12/h4-5,8-9,13H,3,6-7H2,1-2H3. The van der Waals surface area contributed by atoms with Crippen LogP contribution in [-0.4, -0.2) is 15.9 Å². The van der Waals surface area contributed by atoms with E-state index in [0.29, 0.717) is 0 Å². The molecule has 15 heavy (non-hydrogen) atoms. The minimum absolute atomic E-state index is 0.887. The summed E-state index contributed by atoms with van der Waals surface area (Å²) in [7, 11) is 0. The van der Waals surface area contributed by atoms with Crippen LogP contribution in [0.2, 0.25) is 0 Å². The second-order valence-electron chi connectivity index (χ2n) is 3.86. The minimum atomic E-state index is 0.887. The first kappa shape index (κ1) is 10.2. The first-order valence-electron chi connectivity index (χ1n) is 5.44. The molecule has 2 rings (SSSR count). The summed E-state index contributed by atoms with van der Waals surface area (Å²) >= 11 is 0. The van der Waals surface area contributed by atoms with Crippen LogP contribution in [0.5, 0.6) is 0 Å². The molecule has 0 aliphatic rings. The Morgan fingerprint density at radius 2 is 2.27 bits per heavy atom. The van der Waals surface area contributed by atoms with Crippen LogP contribution in [0.15, 0.2) is 24.5 Å². The van der Waals surface area contributed by atoms with Gasteiger partial charge in [-0.05, 0) is 31.5 Å². The number of nitrogens with zero attached hydrogens (tertiary/aromatic N) is 2. The van der Waals surface area contributed by atoms with E-state index in [9.17, 15) is 0 Å². The zero-order valence-electron chi connectivity index (χ0n) is 9.33. The van der Waals surface area contributed by atoms with Crippen molar-refractivity contribution in [3.8, 4) is 0 Å². The zero-order chi connectivity index (χ0) is 10.7. The van der Waals surface area contributed by atoms with Crippen molar-refractivity contribution in [3.63, 3.8) is 0 Å². The van der Waals surface area contributed by atoms with E-state index in [1.807, 2.05) is 6.20 Å². The van der Waals surface area contributed by atoms with Crippen molar-refractivity contribution in [2.24, 2.45) is 0 Å². The van der Waals surface area contributed by atoms with Gasteiger partial charge in [0, 0.05) is 12.7 Å². The van der Waals surface area contributed by atoms with Gasteiger partial charge in [-0.1, -0.05) is 13.0 Å². The van der Waals surface area contributed by atoms with Crippen molar-refractivity contribution in [1.29, 1.82) is 0 Å². The van der Waals surface area contributed by atoms with Crippen LogP contribution in [0.4, 0.5) is 0 Å². The van der Waals surface area contributed by atoms with Crippen molar-refractivity contribution in [3.05, 3.63) is 35.8 Å². The van der Waals surface area contributed by atoms with Crippen LogP contribution in [0.25, 0.3) is 5.65 Å². The summed E-state index contributed by atoms with van der Waals surface area (Å²) in [5.41, 5.74) is 3.51. The Bertz CT molecular complexity index is 445. The fraction of sp³-hybridized carbons (Fsp3) is 0.417. The third kappa shape index (κ3) is 2.18. The van der Waals surface area contributed by atoms with Crippen molar-refractivity contribution in [2.45, 2.75) is 26.8 Å². The minimum Gasteiger partial charge on any atom is -0.311 e. The van der Waals surface area contributed by atoms with E-state index in [2.05, 4.69) is 46.9 Å². The summed E-state index contributed by atoms with van der Waals surface area (Å²) in [5.74, 6) is 0. The highest BCUT2D eigenvalue weighted by Crippen LogP contribution is 2.08. The molecule has 0 saturated heterocycles. The SMILES string of the molecule is CCCNCc1cnc2ccc(C)cn12. The van der Waals surface area contributed by atoms with Gasteiger partial charge in [0.2, 0.25) is 0 Å². The van der Waals surface area contributed by atoms with Crippen LogP contribution >= 0.6 is 0 Å². The average molecular weight is 203 g/mol. The summed E-state index contributed by atoms with van der Waals surface area (Å²) in [6.45, 7) is 6.21. The van der Waals surface area contributed by atoms with Crippen LogP contribution in [0, 0.1) is 6.92 Å². The third-order valence-electron chi connectivity index (χ3n) is 2.46. The lowest BCUT2D eigenvalue weighted by molar-refractivity contribution is 0.661. The molecular formula is C12H17N3. The number of nitrogens with one attached hydrogen (secondary N) is 1. The number of aryl methyl sites for hydroxylation is 1. The van der Waals surface area contributed by atoms with Gasteiger partial charge in [0.25, 0.3) is 0 Å². The molecule has 0 bridgehead atoms. The molecule has 0 radical (unpaired) electrons. The summed E-state index contributed by atoms with van der Waals surface area (Å²) < 4.78 is 2.15. The highest BCUT2D eigenvalue weighted by Gasteiger charge is 2.01. The Morgan fingerprint density at radius 3 is 3.07 bits per heavy atom. The van der Waals surface area contributed by atoms with E-state index in [4.69, 9.17) is 0 Å². The molecule has 3 nitrogen and oxygen atoms in total. The molecule has 2 heterocycles. The number of hydrogen-bond acceptors (Lipinski definition) is 2. The van der Waals surface area contributed by atoms with E-state index < -0.39 is 0 Å². The topological polar surface area (TPSA) is 29.3 Å². The summed E-state index contributed by atoms with van der Waals surface area (Å²) in [6.07, 6.45) is 5.23. The number of rotatable bonds is 4. The van der Waals surface area contributed by atoms with Crippen LogP contribution < -0.4 is 5.32 Å². The summed E-state index contributed by atoms with van der Waals surface area (Å²) in [4.78, 5) is 4.36. The van der Waals surface area contributed by atoms with Crippen molar-refractivity contribution < 1.29 is 0 Å². The lowest BCUT2D eigenvalue weighted by Crippen LogP contribution is -2.15. The Hall–Kier alpha value is -1.35. The second-order valence-corrected chi connectivity index (χ2v) is 3.86. The summed E-state index contributed by atoms with van der Waals surface area (Å²) in [6, 6.07) is 4.14. The number of pyridine rings is 1. The van der Waals surface area contributed by atoms with Crippen molar-refractivity contribution in [1.82, 2.24) is 14.7 Å². The number of hydrogen-bond donors (Lipinski definition) is 1. The molecule has 0 aromatic carbocycles. The lowest BCUT2D eigenvalue weighted by atomic mass is 10.3. The van der Waals surface area contributed by atoms with Gasteiger partial charge in [0.05, 0.1) is 11.9 Å². The molecule has 3 heteroatoms. The predicted octanol–water partition coefficient (Wildman–Crippen LogP) is 2.14. The van der Waals surface area contributed by atoms with Gasteiger partial charge in [-0.15, -0.1) is 0 Å². The van der Waals surface area contributed by atoms with Gasteiger partial charge in [-0.3, -0.25) is 0 Å². The monoisotopic (exact) mass is 203 g/mol. The third-order valence-corrected chi connectivity index (χ3v) is 2.46. The molecule has 80 valence electrons. The fourth-order valence-electron chi connectivity index (χ4n) is 1.66. The van der Waals surface area contributed by atoms with Crippen LogP contribution in [-0.2, 0) is 6.54 Å². The second kappa shape index (κ2) is 4.45. The van der Waals surface area contributed by atoms with Gasteiger partial charge >= 0.3 is 0 Å². The van der Waals surface area contributed by atoms with Gasteiger partial charge in [-0.25, -0.2) is 4.98 Å². The molecule has 0 atom stereocenters. The van der Waals surface area contributed by atoms with Gasteiger partial charge in [0.1, 0.15) is 5.65 Å². The largest absolute Gasteiger partial charge is 0.311 e. The molecular weight excluding hydrogens is 186 g/mol. The molecule has 2 aromatic heterocycles. The van der Waals surface area contributed by atoms with Crippen molar-refractivity contribution >= 4 is 5.65 Å². The van der Waals surface area contributed by atoms with Gasteiger partial charge in [-0.2, -0.15) is 0 Å². The average Bonchev–Trinajstić information content (AvgIpc) is 2.62. The van der Waals surface area contributed by atoms with E-state index in [-0.39, 0.29) is 0 Å². The van der Waals surface area contributed by atoms with Gasteiger partial charge in [0.15, 0.2) is 0 Å². The zero-order valence-corrected chi connectivity index (χ0v) is 9.33. The Kier molecular flexibility index (Phi) is 3.02. The maximum Gasteiger partial charge on any atom is 0.136 e. The highest BCUT2D eigenvalue weighted by molar-refractivity contribution is 5.41. The molecule has 0 fully saturated rings. The fourth-order valence-corrected chi connectivity index (χ4v) is 1.66. The smallest absolute Gasteiger partial charge is 0.136 e. The maximum atomic E-state index is 4.36. The van der Waals surface area contributed by atoms with Gasteiger partial charge < -0.3 is 9.72 Å². The molecule has 2 aromatic rings. The van der Waals surface area contributed by atoms with Crippen LogP contribution in [0.3, 0.4) is 0 Å². The predicted molar refractivity (Wildman–Crippen MR) is 61.9 cm³/mol. The first-order chi connectivity index (χ1) is 7.31. The summed E-state index contributed by atoms with van der Waals surface area (Å²) in [5, 5.41) is 3.39. The Balaban J connectivity index is 2.23. The number of imidazole rings is 1. The quantitative estimate of drug-likeness (QED) is 0.771. The van der Waals surface area contributed by atoms with E-state index >= 15 is 0 Å². The van der Waals surface area contributed by atoms with Crippen LogP contribution in [0.1, 0.15) is 24.6 Å². The molecule has 0 aliphatic heterocycles.